The molecule has 0 spiro atoms. The molecule has 0 amide bonds. The summed E-state index contributed by atoms with van der Waals surface area (Å²) in [4.78, 5) is 0. The van der Waals surface area contributed by atoms with Crippen molar-refractivity contribution in [1.82, 2.24) is 10.2 Å². The molecule has 21 heavy (non-hydrogen) atoms. The number of ether oxygens (including phenoxy) is 1. The van der Waals surface area contributed by atoms with Gasteiger partial charge < -0.3 is 9.15 Å². The molecule has 0 radical (unpaired) electrons. The predicted molar refractivity (Wildman–Crippen MR) is 87.3 cm³/mol. The Bertz CT molecular complexity index is 595. The van der Waals surface area contributed by atoms with Gasteiger partial charge in [0.2, 0.25) is 5.88 Å². The van der Waals surface area contributed by atoms with Crippen molar-refractivity contribution in [2.24, 2.45) is 0 Å². The van der Waals surface area contributed by atoms with Crippen molar-refractivity contribution in [3.05, 3.63) is 35.9 Å². The molecule has 2 aromatic rings. The molecule has 8 heteroatoms. The highest BCUT2D eigenvalue weighted by Crippen LogP contribution is 2.22. The van der Waals surface area contributed by atoms with Gasteiger partial charge in [-0.15, -0.1) is 39.9 Å². The molecule has 1 atom stereocenters. The largest absolute Gasteiger partial charge is 0.468 e. The van der Waals surface area contributed by atoms with E-state index < -0.39 is 12.5 Å². The molecule has 114 valence electrons. The van der Waals surface area contributed by atoms with Gasteiger partial charge in [-0.1, -0.05) is 6.55 Å². The van der Waals surface area contributed by atoms with Crippen LogP contribution in [0.3, 0.4) is 0 Å². The van der Waals surface area contributed by atoms with Crippen molar-refractivity contribution in [2.45, 2.75) is 24.5 Å². The normalized spacial score (nSPS) is 14.2. The number of furan rings is 1. The number of aromatic nitrogens is 2. The van der Waals surface area contributed by atoms with Crippen LogP contribution in [0.15, 0.2) is 28.9 Å². The van der Waals surface area contributed by atoms with E-state index in [9.17, 15) is 0 Å². The van der Waals surface area contributed by atoms with E-state index >= 15 is 0 Å². The van der Waals surface area contributed by atoms with E-state index in [0.29, 0.717) is 17.1 Å². The molecule has 0 aliphatic heterocycles. The summed E-state index contributed by atoms with van der Waals surface area (Å²) in [5.41, 5.74) is 1.18. The molecule has 0 N–H and O–H groups in total. The second-order valence-electron chi connectivity index (χ2n) is 4.90. The van der Waals surface area contributed by atoms with Gasteiger partial charge in [0.25, 0.3) is 0 Å². The second-order valence-corrected chi connectivity index (χ2v) is 11.7. The summed E-state index contributed by atoms with van der Waals surface area (Å²) in [7, 11) is -2.26. The maximum atomic E-state index is 6.14. The van der Waals surface area contributed by atoms with Gasteiger partial charge in [0.05, 0.1) is 12.0 Å². The van der Waals surface area contributed by atoms with E-state index in [2.05, 4.69) is 10.2 Å². The highest BCUT2D eigenvalue weighted by atomic mass is 35.5. The Morgan fingerprint density at radius 2 is 2.14 bits per heavy atom. The first-order valence-corrected chi connectivity index (χ1v) is 10.5. The lowest BCUT2D eigenvalue weighted by atomic mass is 10.4. The zero-order valence-corrected chi connectivity index (χ0v) is 14.9. The van der Waals surface area contributed by atoms with Gasteiger partial charge in [0.15, 0.2) is 0 Å². The average molecular weight is 366 g/mol. The summed E-state index contributed by atoms with van der Waals surface area (Å²) in [5.74, 6) is 1.12. The van der Waals surface area contributed by atoms with Crippen LogP contribution in [0.4, 0.5) is 0 Å². The summed E-state index contributed by atoms with van der Waals surface area (Å²) in [6.07, 6.45) is 1.59. The fourth-order valence-electron chi connectivity index (χ4n) is 1.87. The van der Waals surface area contributed by atoms with Crippen molar-refractivity contribution >= 4 is 48.1 Å². The topological polar surface area (TPSA) is 48.2 Å². The Balaban J connectivity index is 2.24. The summed E-state index contributed by atoms with van der Waals surface area (Å²) < 4.78 is 10.3. The fraction of sp³-hybridized carbons (Fsp3) is 0.385. The quantitative estimate of drug-likeness (QED) is 0.582. The molecular formula is C13H15Cl3N2O2Si. The molecule has 1 unspecified atom stereocenters. The summed E-state index contributed by atoms with van der Waals surface area (Å²) in [6, 6.07) is 5.46. The maximum absolute atomic E-state index is 6.14. The number of halogens is 3. The Morgan fingerprint density at radius 1 is 1.38 bits per heavy atom. The van der Waals surface area contributed by atoms with Gasteiger partial charge in [0, 0.05) is 11.6 Å². The highest BCUT2D eigenvalue weighted by Gasteiger charge is 2.38. The van der Waals surface area contributed by atoms with E-state index in [4.69, 9.17) is 44.0 Å². The fourth-order valence-corrected chi connectivity index (χ4v) is 6.23. The molecule has 0 saturated heterocycles. The van der Waals surface area contributed by atoms with Crippen LogP contribution in [0.25, 0.3) is 0 Å². The van der Waals surface area contributed by atoms with Crippen LogP contribution < -0.4 is 9.92 Å². The third kappa shape index (κ3) is 3.72. The SMILES string of the molecule is Cc1nnc(OCc2ccco2)cc1[Si](C)(CCl)C(Cl)Cl. The van der Waals surface area contributed by atoms with Crippen molar-refractivity contribution in [2.75, 3.05) is 5.50 Å². The number of hydrogen-bond donors (Lipinski definition) is 0. The van der Waals surface area contributed by atoms with Crippen molar-refractivity contribution in [3.8, 4) is 5.88 Å². The number of rotatable bonds is 6. The first-order valence-electron chi connectivity index (χ1n) is 6.31. The minimum atomic E-state index is -2.26. The highest BCUT2D eigenvalue weighted by molar-refractivity contribution is 7.04. The van der Waals surface area contributed by atoms with Crippen LogP contribution in [0.1, 0.15) is 11.5 Å². The monoisotopic (exact) mass is 364 g/mol. The van der Waals surface area contributed by atoms with Crippen molar-refractivity contribution < 1.29 is 9.15 Å². The van der Waals surface area contributed by atoms with Crippen molar-refractivity contribution in [3.63, 3.8) is 0 Å². The van der Waals surface area contributed by atoms with E-state index in [1.807, 2.05) is 25.6 Å². The lowest BCUT2D eigenvalue weighted by Gasteiger charge is -2.27. The summed E-state index contributed by atoms with van der Waals surface area (Å²) >= 11 is 18.4. The minimum absolute atomic E-state index is 0.286. The van der Waals surface area contributed by atoms with Crippen molar-refractivity contribution in [1.29, 1.82) is 0 Å². The van der Waals surface area contributed by atoms with E-state index in [0.717, 1.165) is 10.9 Å². The van der Waals surface area contributed by atoms with Gasteiger partial charge in [-0.2, -0.15) is 5.10 Å². The Hall–Kier alpha value is -0.753. The van der Waals surface area contributed by atoms with Crippen LogP contribution in [0, 0.1) is 6.92 Å². The van der Waals surface area contributed by atoms with Crippen LogP contribution >= 0.6 is 34.8 Å². The van der Waals surface area contributed by atoms with E-state index in [1.54, 1.807) is 12.3 Å². The number of hydrogen-bond acceptors (Lipinski definition) is 4. The standard InChI is InChI=1S/C13H15Cl3N2O2Si/c1-9-11(21(2,8-14)13(15)16)6-12(18-17-9)20-7-10-4-3-5-19-10/h3-6,13H,7-8H2,1-2H3. The second kappa shape index (κ2) is 7.00. The molecule has 0 saturated carbocycles. The molecule has 2 aromatic heterocycles. The third-order valence-corrected chi connectivity index (χ3v) is 11.1. The summed E-state index contributed by atoms with van der Waals surface area (Å²) in [6.45, 7) is 4.17. The smallest absolute Gasteiger partial charge is 0.233 e. The zero-order valence-electron chi connectivity index (χ0n) is 11.6. The van der Waals surface area contributed by atoms with Gasteiger partial charge >= 0.3 is 0 Å². The predicted octanol–water partition coefficient (Wildman–Crippen LogP) is 3.36. The number of nitrogens with zero attached hydrogens (tertiary/aromatic N) is 2. The van der Waals surface area contributed by atoms with E-state index in [-0.39, 0.29) is 6.61 Å². The molecule has 2 heterocycles. The average Bonchev–Trinajstić information content (AvgIpc) is 2.98. The molecule has 0 bridgehead atoms. The summed E-state index contributed by atoms with van der Waals surface area (Å²) in [5, 5.41) is 9.11. The first kappa shape index (κ1) is 16.6. The Labute approximate surface area is 139 Å². The van der Waals surface area contributed by atoms with Gasteiger partial charge in [0.1, 0.15) is 24.9 Å². The molecule has 0 fully saturated rings. The number of alkyl halides is 3. The van der Waals surface area contributed by atoms with Crippen LogP contribution in [0.2, 0.25) is 6.55 Å². The third-order valence-electron chi connectivity index (χ3n) is 3.27. The van der Waals surface area contributed by atoms with Crippen LogP contribution in [0.5, 0.6) is 5.88 Å². The Morgan fingerprint density at radius 3 is 2.71 bits per heavy atom. The van der Waals surface area contributed by atoms with Gasteiger partial charge in [-0.3, -0.25) is 0 Å². The van der Waals surface area contributed by atoms with Gasteiger partial charge in [-0.05, 0) is 24.2 Å². The zero-order chi connectivity index (χ0) is 15.5. The first-order chi connectivity index (χ1) is 9.97. The maximum Gasteiger partial charge on any atom is 0.233 e. The molecule has 4 nitrogen and oxygen atoms in total. The molecule has 2 rings (SSSR count). The van der Waals surface area contributed by atoms with Gasteiger partial charge in [-0.25, -0.2) is 0 Å². The molecule has 0 aliphatic carbocycles. The van der Waals surface area contributed by atoms with Crippen LogP contribution in [-0.2, 0) is 6.61 Å². The lowest BCUT2D eigenvalue weighted by Crippen LogP contribution is -2.55. The Kier molecular flexibility index (Phi) is 5.54. The minimum Gasteiger partial charge on any atom is -0.468 e. The molecule has 0 aliphatic rings. The molecular weight excluding hydrogens is 351 g/mol. The molecule has 0 aromatic carbocycles. The van der Waals surface area contributed by atoms with E-state index in [1.165, 1.54) is 0 Å². The lowest BCUT2D eigenvalue weighted by molar-refractivity contribution is 0.258. The number of aryl methyl sites for hydroxylation is 1. The van der Waals surface area contributed by atoms with Crippen LogP contribution in [-0.4, -0.2) is 28.2 Å².